The summed E-state index contributed by atoms with van der Waals surface area (Å²) in [6.07, 6.45) is 0.840. The summed E-state index contributed by atoms with van der Waals surface area (Å²) in [5, 5.41) is 5.56. The van der Waals surface area contributed by atoms with Crippen LogP contribution < -0.4 is 10.6 Å². The van der Waals surface area contributed by atoms with Gasteiger partial charge in [-0.2, -0.15) is 4.31 Å². The van der Waals surface area contributed by atoms with Crippen LogP contribution in [0.4, 0.5) is 5.69 Å². The first-order chi connectivity index (χ1) is 14.7. The number of sulfonamides is 1. The molecule has 1 fully saturated rings. The lowest BCUT2D eigenvalue weighted by molar-refractivity contribution is -0.129. The van der Waals surface area contributed by atoms with Crippen molar-refractivity contribution < 1.29 is 18.0 Å². The molecule has 0 aromatic heterocycles. The molecule has 1 aliphatic heterocycles. The van der Waals surface area contributed by atoms with Gasteiger partial charge in [0.25, 0.3) is 0 Å². The van der Waals surface area contributed by atoms with Gasteiger partial charge in [-0.3, -0.25) is 9.59 Å². The first-order valence-corrected chi connectivity index (χ1v) is 11.9. The minimum absolute atomic E-state index is 0.223. The van der Waals surface area contributed by atoms with Gasteiger partial charge in [0.15, 0.2) is 0 Å². The van der Waals surface area contributed by atoms with Gasteiger partial charge in [0.1, 0.15) is 6.04 Å². The van der Waals surface area contributed by atoms with Crippen LogP contribution in [0.1, 0.15) is 30.9 Å². The van der Waals surface area contributed by atoms with Crippen LogP contribution in [-0.4, -0.2) is 43.7 Å². The third kappa shape index (κ3) is 5.71. The normalized spacial score (nSPS) is 16.5. The number of hydrogen-bond donors (Lipinski definition) is 2. The number of nitrogens with zero attached hydrogens (tertiary/aromatic N) is 1. The second kappa shape index (κ2) is 9.62. The zero-order valence-electron chi connectivity index (χ0n) is 18.1. The summed E-state index contributed by atoms with van der Waals surface area (Å²) in [6, 6.07) is 13.5. The highest BCUT2D eigenvalue weighted by Crippen LogP contribution is 2.24. The Morgan fingerprint density at radius 3 is 2.26 bits per heavy atom. The van der Waals surface area contributed by atoms with Gasteiger partial charge in [0.05, 0.1) is 4.90 Å². The number of rotatable bonds is 6. The van der Waals surface area contributed by atoms with E-state index in [1.54, 1.807) is 37.3 Å². The predicted octanol–water partition coefficient (Wildman–Crippen LogP) is 2.85. The van der Waals surface area contributed by atoms with E-state index in [1.165, 1.54) is 4.31 Å². The lowest BCUT2D eigenvalue weighted by Gasteiger charge is -2.31. The van der Waals surface area contributed by atoms with Gasteiger partial charge in [0, 0.05) is 24.7 Å². The second-order valence-electron chi connectivity index (χ2n) is 8.08. The number of carbonyl (C=O) groups excluding carboxylic acids is 2. The molecule has 0 spiro atoms. The molecule has 0 bridgehead atoms. The zero-order valence-corrected chi connectivity index (χ0v) is 18.9. The summed E-state index contributed by atoms with van der Waals surface area (Å²) in [5.74, 6) is -0.837. The maximum atomic E-state index is 12.8. The number of hydrogen-bond acceptors (Lipinski definition) is 4. The Kier molecular flexibility index (Phi) is 7.12. The molecule has 8 heteroatoms. The molecular formula is C23H29N3O4S. The van der Waals surface area contributed by atoms with Crippen LogP contribution in [0.25, 0.3) is 0 Å². The molecule has 0 saturated carbocycles. The van der Waals surface area contributed by atoms with Crippen LogP contribution in [0.15, 0.2) is 53.4 Å². The summed E-state index contributed by atoms with van der Waals surface area (Å²) in [5.41, 5.74) is 2.71. The monoisotopic (exact) mass is 443 g/mol. The Balaban J connectivity index is 1.52. The molecule has 0 aliphatic carbocycles. The quantitative estimate of drug-likeness (QED) is 0.718. The Morgan fingerprint density at radius 1 is 1.00 bits per heavy atom. The van der Waals surface area contributed by atoms with E-state index in [2.05, 4.69) is 10.6 Å². The van der Waals surface area contributed by atoms with Crippen LogP contribution in [0.5, 0.6) is 0 Å². The van der Waals surface area contributed by atoms with Crippen LogP contribution in [0, 0.1) is 19.8 Å². The summed E-state index contributed by atoms with van der Waals surface area (Å²) in [7, 11) is -3.57. The van der Waals surface area contributed by atoms with Crippen molar-refractivity contribution in [1.82, 2.24) is 9.62 Å². The summed E-state index contributed by atoms with van der Waals surface area (Å²) in [4.78, 5) is 25.3. The van der Waals surface area contributed by atoms with Crippen molar-refractivity contribution in [3.8, 4) is 0 Å². The number of benzene rings is 2. The third-order valence-electron chi connectivity index (χ3n) is 5.52. The van der Waals surface area contributed by atoms with Crippen LogP contribution in [-0.2, 0) is 19.6 Å². The highest BCUT2D eigenvalue weighted by Gasteiger charge is 2.32. The molecule has 1 atom stereocenters. The van der Waals surface area contributed by atoms with Crippen LogP contribution in [0.3, 0.4) is 0 Å². The van der Waals surface area contributed by atoms with Gasteiger partial charge in [-0.1, -0.05) is 29.8 Å². The van der Waals surface area contributed by atoms with Crippen molar-refractivity contribution in [2.45, 2.75) is 44.6 Å². The lowest BCUT2D eigenvalue weighted by atomic mass is 9.97. The molecule has 2 amide bonds. The Hall–Kier alpha value is -2.71. The molecule has 31 heavy (non-hydrogen) atoms. The van der Waals surface area contributed by atoms with E-state index in [1.807, 2.05) is 32.0 Å². The molecule has 3 rings (SSSR count). The number of anilines is 1. The summed E-state index contributed by atoms with van der Waals surface area (Å²) < 4.78 is 27.1. The topological polar surface area (TPSA) is 95.6 Å². The minimum Gasteiger partial charge on any atom is -0.344 e. The van der Waals surface area contributed by atoms with Crippen molar-refractivity contribution in [1.29, 1.82) is 0 Å². The number of carbonyl (C=O) groups is 2. The summed E-state index contributed by atoms with van der Waals surface area (Å²) in [6.45, 7) is 6.03. The molecule has 2 aromatic carbocycles. The van der Waals surface area contributed by atoms with E-state index in [-0.39, 0.29) is 35.7 Å². The fourth-order valence-corrected chi connectivity index (χ4v) is 5.06. The van der Waals surface area contributed by atoms with E-state index >= 15 is 0 Å². The molecule has 1 heterocycles. The largest absolute Gasteiger partial charge is 0.344 e. The van der Waals surface area contributed by atoms with E-state index < -0.39 is 16.1 Å². The molecule has 1 aliphatic rings. The number of piperidine rings is 1. The van der Waals surface area contributed by atoms with E-state index in [0.717, 1.165) is 11.1 Å². The standard InChI is InChI=1S/C23H29N3O4S/c1-16-7-9-21(10-8-16)31(29,30)26-13-11-19(12-14-26)23(28)24-18(3)22(27)25-20-6-4-5-17(2)15-20/h4-10,15,18-19H,11-14H2,1-3H3,(H,24,28)(H,25,27). The van der Waals surface area contributed by atoms with Gasteiger partial charge in [-0.05, 0) is 63.4 Å². The Bertz CT molecular complexity index is 1040. The molecule has 2 N–H and O–H groups in total. The number of nitrogens with one attached hydrogen (secondary N) is 2. The summed E-state index contributed by atoms with van der Waals surface area (Å²) >= 11 is 0. The minimum atomic E-state index is -3.57. The van der Waals surface area contributed by atoms with Crippen molar-refractivity contribution in [2.75, 3.05) is 18.4 Å². The fraction of sp³-hybridized carbons (Fsp3) is 0.391. The van der Waals surface area contributed by atoms with E-state index in [9.17, 15) is 18.0 Å². The van der Waals surface area contributed by atoms with Gasteiger partial charge in [0.2, 0.25) is 21.8 Å². The fourth-order valence-electron chi connectivity index (χ4n) is 3.59. The first-order valence-electron chi connectivity index (χ1n) is 10.4. The number of amides is 2. The molecule has 1 saturated heterocycles. The lowest BCUT2D eigenvalue weighted by Crippen LogP contribution is -2.47. The van der Waals surface area contributed by atoms with Crippen molar-refractivity contribution in [2.24, 2.45) is 5.92 Å². The van der Waals surface area contributed by atoms with Gasteiger partial charge in [-0.25, -0.2) is 8.42 Å². The third-order valence-corrected chi connectivity index (χ3v) is 7.43. The molecule has 1 unspecified atom stereocenters. The second-order valence-corrected chi connectivity index (χ2v) is 10.0. The smallest absolute Gasteiger partial charge is 0.246 e. The van der Waals surface area contributed by atoms with Crippen LogP contribution in [0.2, 0.25) is 0 Å². The maximum Gasteiger partial charge on any atom is 0.246 e. The number of aryl methyl sites for hydroxylation is 2. The SMILES string of the molecule is Cc1ccc(S(=O)(=O)N2CCC(C(=O)NC(C)C(=O)Nc3cccc(C)c3)CC2)cc1. The highest BCUT2D eigenvalue weighted by molar-refractivity contribution is 7.89. The molecule has 166 valence electrons. The first kappa shape index (κ1) is 23.0. The van der Waals surface area contributed by atoms with Crippen LogP contribution >= 0.6 is 0 Å². The van der Waals surface area contributed by atoms with E-state index in [4.69, 9.17) is 0 Å². The molecular weight excluding hydrogens is 414 g/mol. The van der Waals surface area contributed by atoms with E-state index in [0.29, 0.717) is 18.5 Å². The van der Waals surface area contributed by atoms with Crippen molar-refractivity contribution >= 4 is 27.5 Å². The zero-order chi connectivity index (χ0) is 22.6. The molecule has 0 radical (unpaired) electrons. The highest BCUT2D eigenvalue weighted by atomic mass is 32.2. The molecule has 2 aromatic rings. The van der Waals surface area contributed by atoms with Crippen molar-refractivity contribution in [3.05, 3.63) is 59.7 Å². The predicted molar refractivity (Wildman–Crippen MR) is 120 cm³/mol. The Morgan fingerprint density at radius 2 is 1.65 bits per heavy atom. The average molecular weight is 444 g/mol. The van der Waals surface area contributed by atoms with Gasteiger partial charge < -0.3 is 10.6 Å². The maximum absolute atomic E-state index is 12.8. The van der Waals surface area contributed by atoms with Crippen molar-refractivity contribution in [3.63, 3.8) is 0 Å². The van der Waals surface area contributed by atoms with Gasteiger partial charge in [-0.15, -0.1) is 0 Å². The van der Waals surface area contributed by atoms with Gasteiger partial charge >= 0.3 is 0 Å². The molecule has 7 nitrogen and oxygen atoms in total. The average Bonchev–Trinajstić information content (AvgIpc) is 2.74. The Labute approximate surface area is 183 Å².